The summed E-state index contributed by atoms with van der Waals surface area (Å²) in [4.78, 5) is 28.9. The van der Waals surface area contributed by atoms with Crippen molar-refractivity contribution >= 4 is 50.7 Å². The van der Waals surface area contributed by atoms with E-state index in [1.54, 1.807) is 67.6 Å². The molecule has 2 amide bonds. The van der Waals surface area contributed by atoms with Crippen molar-refractivity contribution in [2.45, 2.75) is 64.1 Å². The Kier molecular flexibility index (Phi) is 11.0. The van der Waals surface area contributed by atoms with Crippen LogP contribution >= 0.6 is 23.2 Å². The summed E-state index contributed by atoms with van der Waals surface area (Å²) in [5, 5.41) is 3.63. The van der Waals surface area contributed by atoms with E-state index in [9.17, 15) is 18.0 Å². The van der Waals surface area contributed by atoms with Crippen LogP contribution in [0.4, 0.5) is 5.69 Å². The van der Waals surface area contributed by atoms with Crippen LogP contribution in [0.3, 0.4) is 0 Å². The fourth-order valence-corrected chi connectivity index (χ4v) is 6.13. The lowest BCUT2D eigenvalue weighted by molar-refractivity contribution is -0.140. The van der Waals surface area contributed by atoms with Gasteiger partial charge in [0.25, 0.3) is 10.0 Å². The second kappa shape index (κ2) is 14.0. The van der Waals surface area contributed by atoms with E-state index in [0.29, 0.717) is 34.1 Å². The predicted molar refractivity (Wildman–Crippen MR) is 161 cm³/mol. The van der Waals surface area contributed by atoms with E-state index in [1.165, 1.54) is 17.0 Å². The number of nitrogens with zero attached hydrogens (tertiary/aromatic N) is 2. The van der Waals surface area contributed by atoms with E-state index in [0.717, 1.165) is 9.87 Å². The number of nitrogens with one attached hydrogen (secondary N) is 1. The topological polar surface area (TPSA) is 86.8 Å². The summed E-state index contributed by atoms with van der Waals surface area (Å²) in [7, 11) is -4.13. The molecule has 1 N–H and O–H groups in total. The molecule has 0 heterocycles. The Morgan fingerprint density at radius 2 is 1.48 bits per heavy atom. The summed E-state index contributed by atoms with van der Waals surface area (Å²) in [6.45, 7) is 6.92. The van der Waals surface area contributed by atoms with Gasteiger partial charge in [0.05, 0.1) is 10.6 Å². The van der Waals surface area contributed by atoms with E-state index >= 15 is 0 Å². The van der Waals surface area contributed by atoms with Crippen LogP contribution in [0.15, 0.2) is 77.7 Å². The van der Waals surface area contributed by atoms with Crippen molar-refractivity contribution in [1.82, 2.24) is 10.2 Å². The molecule has 0 aromatic heterocycles. The van der Waals surface area contributed by atoms with Gasteiger partial charge >= 0.3 is 0 Å². The van der Waals surface area contributed by atoms with Crippen LogP contribution in [0.2, 0.25) is 10.0 Å². The molecule has 3 aromatic rings. The number of aryl methyl sites for hydroxylation is 1. The quantitative estimate of drug-likeness (QED) is 0.266. The number of rotatable bonds is 12. The number of amides is 2. The van der Waals surface area contributed by atoms with Crippen molar-refractivity contribution in [1.29, 1.82) is 0 Å². The highest BCUT2D eigenvalue weighted by Crippen LogP contribution is 2.29. The van der Waals surface area contributed by atoms with E-state index in [4.69, 9.17) is 23.2 Å². The second-order valence-electron chi connectivity index (χ2n) is 9.62. The Labute approximate surface area is 247 Å². The van der Waals surface area contributed by atoms with Crippen molar-refractivity contribution < 1.29 is 18.0 Å². The molecule has 214 valence electrons. The van der Waals surface area contributed by atoms with Gasteiger partial charge in [0, 0.05) is 28.2 Å². The Bertz CT molecular complexity index is 1400. The molecular formula is C30H35Cl2N3O4S. The van der Waals surface area contributed by atoms with Crippen LogP contribution in [-0.4, -0.2) is 43.8 Å². The van der Waals surface area contributed by atoms with Crippen molar-refractivity contribution in [2.75, 3.05) is 10.8 Å². The zero-order chi connectivity index (χ0) is 29.4. The summed E-state index contributed by atoms with van der Waals surface area (Å²) in [6.07, 6.45) is 1.01. The van der Waals surface area contributed by atoms with Crippen LogP contribution in [0.5, 0.6) is 0 Å². The van der Waals surface area contributed by atoms with Gasteiger partial charge in [-0.15, -0.1) is 0 Å². The Morgan fingerprint density at radius 3 is 2.02 bits per heavy atom. The number of hydrogen-bond acceptors (Lipinski definition) is 4. The number of sulfonamides is 1. The van der Waals surface area contributed by atoms with Crippen LogP contribution in [0.25, 0.3) is 0 Å². The van der Waals surface area contributed by atoms with Crippen LogP contribution in [0, 0.1) is 6.92 Å². The van der Waals surface area contributed by atoms with Gasteiger partial charge < -0.3 is 10.2 Å². The fourth-order valence-electron chi connectivity index (χ4n) is 4.17. The molecule has 0 saturated carbocycles. The summed E-state index contributed by atoms with van der Waals surface area (Å²) in [5.74, 6) is -0.900. The molecule has 7 nitrogen and oxygen atoms in total. The number of carbonyl (C=O) groups is 2. The SMILES string of the molecule is CC[C@@H](C)NC(=O)[C@H](CC)N(Cc1c(Cl)cccc1Cl)C(=O)CN(c1ccc(C)cc1)S(=O)(=O)c1ccccc1. The van der Waals surface area contributed by atoms with Gasteiger partial charge in [0.2, 0.25) is 11.8 Å². The molecule has 40 heavy (non-hydrogen) atoms. The molecule has 0 bridgehead atoms. The highest BCUT2D eigenvalue weighted by atomic mass is 35.5. The molecule has 3 aromatic carbocycles. The third-order valence-corrected chi connectivity index (χ3v) is 9.21. The van der Waals surface area contributed by atoms with Gasteiger partial charge in [0.1, 0.15) is 12.6 Å². The van der Waals surface area contributed by atoms with Crippen molar-refractivity contribution in [3.63, 3.8) is 0 Å². The maximum atomic E-state index is 14.1. The lowest BCUT2D eigenvalue weighted by Crippen LogP contribution is -2.53. The average molecular weight is 605 g/mol. The average Bonchev–Trinajstić information content (AvgIpc) is 2.93. The van der Waals surface area contributed by atoms with E-state index < -0.39 is 28.5 Å². The maximum absolute atomic E-state index is 14.1. The highest BCUT2D eigenvalue weighted by molar-refractivity contribution is 7.92. The zero-order valence-corrected chi connectivity index (χ0v) is 25.4. The number of anilines is 1. The van der Waals surface area contributed by atoms with Crippen molar-refractivity contribution in [3.8, 4) is 0 Å². The minimum Gasteiger partial charge on any atom is -0.352 e. The zero-order valence-electron chi connectivity index (χ0n) is 23.1. The number of benzene rings is 3. The fraction of sp³-hybridized carbons (Fsp3) is 0.333. The van der Waals surface area contributed by atoms with Gasteiger partial charge in [-0.05, 0) is 63.1 Å². The van der Waals surface area contributed by atoms with Crippen molar-refractivity contribution in [3.05, 3.63) is 94.0 Å². The first-order chi connectivity index (χ1) is 19.0. The minimum absolute atomic E-state index is 0.0469. The predicted octanol–water partition coefficient (Wildman–Crippen LogP) is 6.22. The molecule has 0 radical (unpaired) electrons. The summed E-state index contributed by atoms with van der Waals surface area (Å²) in [6, 6.07) is 18.8. The minimum atomic E-state index is -4.13. The molecular weight excluding hydrogens is 569 g/mol. The smallest absolute Gasteiger partial charge is 0.264 e. The molecule has 10 heteroatoms. The van der Waals surface area contributed by atoms with E-state index in [1.807, 2.05) is 20.8 Å². The molecule has 0 aliphatic heterocycles. The summed E-state index contributed by atoms with van der Waals surface area (Å²) in [5.41, 5.74) is 1.74. The molecule has 2 atom stereocenters. The van der Waals surface area contributed by atoms with E-state index in [2.05, 4.69) is 5.32 Å². The Balaban J connectivity index is 2.08. The normalized spacial score (nSPS) is 12.8. The van der Waals surface area contributed by atoms with Crippen LogP contribution in [0.1, 0.15) is 44.7 Å². The largest absolute Gasteiger partial charge is 0.352 e. The molecule has 0 saturated heterocycles. The Hall–Kier alpha value is -3.07. The lowest BCUT2D eigenvalue weighted by atomic mass is 10.1. The van der Waals surface area contributed by atoms with Gasteiger partial charge in [-0.3, -0.25) is 13.9 Å². The van der Waals surface area contributed by atoms with Crippen LogP contribution < -0.4 is 9.62 Å². The first-order valence-electron chi connectivity index (χ1n) is 13.2. The number of halogens is 2. The molecule has 0 fully saturated rings. The number of carbonyl (C=O) groups excluding carboxylic acids is 2. The first kappa shape index (κ1) is 31.5. The third-order valence-electron chi connectivity index (χ3n) is 6.71. The molecule has 3 rings (SSSR count). The van der Waals surface area contributed by atoms with Gasteiger partial charge in [-0.25, -0.2) is 8.42 Å². The second-order valence-corrected chi connectivity index (χ2v) is 12.3. The van der Waals surface area contributed by atoms with Gasteiger partial charge in [-0.1, -0.05) is 79.0 Å². The third kappa shape index (κ3) is 7.56. The molecule has 0 spiro atoms. The molecule has 0 aliphatic carbocycles. The van der Waals surface area contributed by atoms with Crippen molar-refractivity contribution in [2.24, 2.45) is 0 Å². The standard InChI is InChI=1S/C30H35Cl2N3O4S/c1-5-22(4)33-30(37)28(6-2)34(19-25-26(31)13-10-14-27(25)32)29(36)20-35(23-17-15-21(3)16-18-23)40(38,39)24-11-8-7-9-12-24/h7-18,22,28H,5-6,19-20H2,1-4H3,(H,33,37)/t22-,28+/m1/s1. The summed E-state index contributed by atoms with van der Waals surface area (Å²) >= 11 is 12.9. The monoisotopic (exact) mass is 603 g/mol. The Morgan fingerprint density at radius 1 is 0.875 bits per heavy atom. The molecule has 0 aliphatic rings. The molecule has 0 unspecified atom stereocenters. The maximum Gasteiger partial charge on any atom is 0.264 e. The van der Waals surface area contributed by atoms with Gasteiger partial charge in [-0.2, -0.15) is 0 Å². The van der Waals surface area contributed by atoms with Gasteiger partial charge in [0.15, 0.2) is 0 Å². The highest BCUT2D eigenvalue weighted by Gasteiger charge is 2.34. The van der Waals surface area contributed by atoms with E-state index in [-0.39, 0.29) is 23.4 Å². The summed E-state index contributed by atoms with van der Waals surface area (Å²) < 4.78 is 28.7. The van der Waals surface area contributed by atoms with Crippen LogP contribution in [-0.2, 0) is 26.2 Å². The lowest BCUT2D eigenvalue weighted by Gasteiger charge is -2.34. The number of hydrogen-bond donors (Lipinski definition) is 1. The first-order valence-corrected chi connectivity index (χ1v) is 15.4.